The van der Waals surface area contributed by atoms with Crippen LogP contribution in [0.5, 0.6) is 0 Å². The highest BCUT2D eigenvalue weighted by Gasteiger charge is 2.14. The number of nitrogens with zero attached hydrogens (tertiary/aromatic N) is 2. The monoisotopic (exact) mass is 308 g/mol. The van der Waals surface area contributed by atoms with Crippen molar-refractivity contribution in [2.45, 2.75) is 6.54 Å². The topological polar surface area (TPSA) is 17.4 Å². The van der Waals surface area contributed by atoms with Crippen molar-refractivity contribution in [3.8, 4) is 0 Å². The van der Waals surface area contributed by atoms with Gasteiger partial charge in [-0.2, -0.15) is 0 Å². The molecule has 1 saturated heterocycles. The maximum Gasteiger partial charge on any atom is 0.0594 e. The van der Waals surface area contributed by atoms with Crippen molar-refractivity contribution in [3.05, 3.63) is 34.4 Å². The Morgan fingerprint density at radius 1 is 1.28 bits per heavy atom. The summed E-state index contributed by atoms with van der Waals surface area (Å²) < 4.78 is 8.85. The van der Waals surface area contributed by atoms with Crippen LogP contribution in [0.25, 0.3) is 10.9 Å². The molecule has 1 aromatic heterocycles. The molecule has 0 N–H and O–H groups in total. The van der Waals surface area contributed by atoms with E-state index in [1.165, 1.54) is 21.1 Å². The first kappa shape index (κ1) is 12.2. The summed E-state index contributed by atoms with van der Waals surface area (Å²) in [4.78, 5) is 2.45. The van der Waals surface area contributed by atoms with Gasteiger partial charge in [-0.15, -0.1) is 0 Å². The Morgan fingerprint density at radius 3 is 2.78 bits per heavy atom. The SMILES string of the molecule is Cn1c(CN2CCOCC2)cc2c(Br)cccc21. The average Bonchev–Trinajstić information content (AvgIpc) is 2.70. The molecule has 0 aliphatic carbocycles. The molecule has 18 heavy (non-hydrogen) atoms. The fraction of sp³-hybridized carbons (Fsp3) is 0.429. The second-order valence-corrected chi connectivity index (χ2v) is 5.61. The molecular weight excluding hydrogens is 292 g/mol. The van der Waals surface area contributed by atoms with E-state index in [-0.39, 0.29) is 0 Å². The van der Waals surface area contributed by atoms with Gasteiger partial charge in [-0.05, 0) is 18.2 Å². The summed E-state index contributed by atoms with van der Waals surface area (Å²) in [6, 6.07) is 8.64. The Hall–Kier alpha value is -0.840. The third kappa shape index (κ3) is 2.20. The van der Waals surface area contributed by atoms with E-state index in [0.717, 1.165) is 32.8 Å². The van der Waals surface area contributed by atoms with Gasteiger partial charge in [0.25, 0.3) is 0 Å². The molecule has 0 unspecified atom stereocenters. The fourth-order valence-electron chi connectivity index (χ4n) is 2.52. The van der Waals surface area contributed by atoms with Crippen molar-refractivity contribution in [2.75, 3.05) is 26.3 Å². The highest BCUT2D eigenvalue weighted by molar-refractivity contribution is 9.10. The second-order valence-electron chi connectivity index (χ2n) is 4.76. The minimum Gasteiger partial charge on any atom is -0.379 e. The summed E-state index contributed by atoms with van der Waals surface area (Å²) in [5, 5.41) is 1.29. The standard InChI is InChI=1S/C14H17BrN2O/c1-16-11(10-17-5-7-18-8-6-17)9-12-13(15)3-2-4-14(12)16/h2-4,9H,5-8,10H2,1H3. The summed E-state index contributed by atoms with van der Waals surface area (Å²) >= 11 is 3.62. The van der Waals surface area contributed by atoms with Crippen molar-refractivity contribution < 1.29 is 4.74 Å². The molecule has 0 amide bonds. The van der Waals surface area contributed by atoms with E-state index in [1.807, 2.05) is 0 Å². The fourth-order valence-corrected chi connectivity index (χ4v) is 2.99. The second kappa shape index (κ2) is 5.03. The molecule has 1 aliphatic rings. The molecule has 0 saturated carbocycles. The van der Waals surface area contributed by atoms with Crippen LogP contribution in [0.15, 0.2) is 28.7 Å². The number of aromatic nitrogens is 1. The predicted octanol–water partition coefficient (Wildman–Crippen LogP) is 2.77. The third-order valence-electron chi connectivity index (χ3n) is 3.62. The number of hydrogen-bond acceptors (Lipinski definition) is 2. The van der Waals surface area contributed by atoms with Crippen molar-refractivity contribution in [2.24, 2.45) is 7.05 Å². The van der Waals surface area contributed by atoms with Crippen molar-refractivity contribution in [1.29, 1.82) is 0 Å². The Labute approximate surface area is 115 Å². The maximum atomic E-state index is 5.39. The highest BCUT2D eigenvalue weighted by Crippen LogP contribution is 2.27. The van der Waals surface area contributed by atoms with E-state index in [1.54, 1.807) is 0 Å². The van der Waals surface area contributed by atoms with Crippen molar-refractivity contribution in [3.63, 3.8) is 0 Å². The lowest BCUT2D eigenvalue weighted by Gasteiger charge is -2.26. The first-order valence-electron chi connectivity index (χ1n) is 6.28. The first-order chi connectivity index (χ1) is 8.75. The molecule has 0 radical (unpaired) electrons. The van der Waals surface area contributed by atoms with Crippen LogP contribution in [0, 0.1) is 0 Å². The molecule has 3 nitrogen and oxygen atoms in total. The van der Waals surface area contributed by atoms with E-state index in [2.05, 4.69) is 56.7 Å². The summed E-state index contributed by atoms with van der Waals surface area (Å²) in [5.41, 5.74) is 2.64. The average molecular weight is 309 g/mol. The summed E-state index contributed by atoms with van der Waals surface area (Å²) in [7, 11) is 2.14. The largest absolute Gasteiger partial charge is 0.379 e. The number of benzene rings is 1. The van der Waals surface area contributed by atoms with Crippen molar-refractivity contribution >= 4 is 26.8 Å². The Balaban J connectivity index is 1.92. The van der Waals surface area contributed by atoms with Crippen LogP contribution < -0.4 is 0 Å². The highest BCUT2D eigenvalue weighted by atomic mass is 79.9. The quantitative estimate of drug-likeness (QED) is 0.849. The van der Waals surface area contributed by atoms with Crippen LogP contribution in [0.3, 0.4) is 0 Å². The van der Waals surface area contributed by atoms with Crippen LogP contribution >= 0.6 is 15.9 Å². The minimum absolute atomic E-state index is 0.855. The lowest BCUT2D eigenvalue weighted by Crippen LogP contribution is -2.36. The number of halogens is 1. The normalized spacial score (nSPS) is 17.4. The van der Waals surface area contributed by atoms with Gasteiger partial charge in [-0.1, -0.05) is 22.0 Å². The molecule has 0 atom stereocenters. The Bertz CT molecular complexity index is 558. The van der Waals surface area contributed by atoms with Gasteiger partial charge in [-0.3, -0.25) is 4.90 Å². The maximum absolute atomic E-state index is 5.39. The smallest absolute Gasteiger partial charge is 0.0594 e. The molecule has 1 aliphatic heterocycles. The Kier molecular flexibility index (Phi) is 3.41. The lowest BCUT2D eigenvalue weighted by molar-refractivity contribution is 0.0333. The molecule has 0 spiro atoms. The van der Waals surface area contributed by atoms with Gasteiger partial charge >= 0.3 is 0 Å². The molecule has 3 rings (SSSR count). The number of morpholine rings is 1. The van der Waals surface area contributed by atoms with Gasteiger partial charge < -0.3 is 9.30 Å². The molecule has 1 fully saturated rings. The van der Waals surface area contributed by atoms with Crippen LogP contribution in [0.1, 0.15) is 5.69 Å². The van der Waals surface area contributed by atoms with Crippen LogP contribution in [0.4, 0.5) is 0 Å². The van der Waals surface area contributed by atoms with Crippen LogP contribution in [0.2, 0.25) is 0 Å². The number of hydrogen-bond donors (Lipinski definition) is 0. The van der Waals surface area contributed by atoms with E-state index in [4.69, 9.17) is 4.74 Å². The van der Waals surface area contributed by atoms with Gasteiger partial charge in [-0.25, -0.2) is 0 Å². The first-order valence-corrected chi connectivity index (χ1v) is 7.08. The van der Waals surface area contributed by atoms with E-state index < -0.39 is 0 Å². The van der Waals surface area contributed by atoms with Crippen molar-refractivity contribution in [1.82, 2.24) is 9.47 Å². The molecule has 1 aromatic carbocycles. The zero-order valence-corrected chi connectivity index (χ0v) is 12.1. The van der Waals surface area contributed by atoms with Gasteiger partial charge in [0, 0.05) is 47.8 Å². The molecule has 4 heteroatoms. The summed E-state index contributed by atoms with van der Waals surface area (Å²) in [6.45, 7) is 4.77. The van der Waals surface area contributed by atoms with Gasteiger partial charge in [0.2, 0.25) is 0 Å². The van der Waals surface area contributed by atoms with Crippen LogP contribution in [-0.2, 0) is 18.3 Å². The zero-order valence-electron chi connectivity index (χ0n) is 10.5. The molecule has 2 heterocycles. The molecule has 96 valence electrons. The zero-order chi connectivity index (χ0) is 12.5. The third-order valence-corrected chi connectivity index (χ3v) is 4.31. The lowest BCUT2D eigenvalue weighted by atomic mass is 10.2. The number of rotatable bonds is 2. The van der Waals surface area contributed by atoms with Crippen LogP contribution in [-0.4, -0.2) is 35.8 Å². The van der Waals surface area contributed by atoms with Gasteiger partial charge in [0.15, 0.2) is 0 Å². The van der Waals surface area contributed by atoms with E-state index in [0.29, 0.717) is 0 Å². The summed E-state index contributed by atoms with van der Waals surface area (Å²) in [6.07, 6.45) is 0. The number of aryl methyl sites for hydroxylation is 1. The van der Waals surface area contributed by atoms with E-state index in [9.17, 15) is 0 Å². The molecular formula is C14H17BrN2O. The molecule has 0 bridgehead atoms. The Morgan fingerprint density at radius 2 is 2.06 bits per heavy atom. The number of ether oxygens (including phenoxy) is 1. The minimum atomic E-state index is 0.855. The van der Waals surface area contributed by atoms with E-state index >= 15 is 0 Å². The summed E-state index contributed by atoms with van der Waals surface area (Å²) in [5.74, 6) is 0. The number of fused-ring (bicyclic) bond motifs is 1. The molecule has 2 aromatic rings. The van der Waals surface area contributed by atoms with Gasteiger partial charge in [0.1, 0.15) is 0 Å². The van der Waals surface area contributed by atoms with Gasteiger partial charge in [0.05, 0.1) is 13.2 Å². The predicted molar refractivity (Wildman–Crippen MR) is 76.7 cm³/mol.